The number of hydrogen-bond acceptors (Lipinski definition) is 6. The Bertz CT molecular complexity index is 1300. The molecule has 140 valence electrons. The number of aryl methyl sites for hydroxylation is 1. The van der Waals surface area contributed by atoms with E-state index in [0.717, 1.165) is 26.8 Å². The van der Waals surface area contributed by atoms with Gasteiger partial charge in [-0.05, 0) is 26.0 Å². The zero-order valence-corrected chi connectivity index (χ0v) is 16.0. The average Bonchev–Trinajstić information content (AvgIpc) is 3.35. The van der Waals surface area contributed by atoms with Crippen LogP contribution < -0.4 is 5.32 Å². The molecule has 0 aliphatic carbocycles. The highest BCUT2D eigenvalue weighted by Crippen LogP contribution is 2.34. The molecule has 2 N–H and O–H groups in total. The Morgan fingerprint density at radius 3 is 3.00 bits per heavy atom. The minimum absolute atomic E-state index is 0.180. The molecule has 0 saturated carbocycles. The second-order valence-electron chi connectivity index (χ2n) is 6.54. The van der Waals surface area contributed by atoms with E-state index in [2.05, 4.69) is 25.3 Å². The van der Waals surface area contributed by atoms with Crippen molar-refractivity contribution in [3.63, 3.8) is 0 Å². The van der Waals surface area contributed by atoms with Gasteiger partial charge in [-0.15, -0.1) is 11.3 Å². The fourth-order valence-corrected chi connectivity index (χ4v) is 4.17. The molecule has 5 rings (SSSR count). The molecule has 0 amide bonds. The SMILES string of the molecule is Cc1cn2c(-c3cccc(F)c3)c(C(C)Nc3ncnc4[nH]cnc34)nc2s1. The first-order valence-corrected chi connectivity index (χ1v) is 9.57. The van der Waals surface area contributed by atoms with Crippen LogP contribution in [0.1, 0.15) is 23.5 Å². The first-order valence-electron chi connectivity index (χ1n) is 8.75. The van der Waals surface area contributed by atoms with E-state index in [1.165, 1.54) is 18.5 Å². The Kier molecular flexibility index (Phi) is 3.83. The Hall–Kier alpha value is -3.33. The van der Waals surface area contributed by atoms with Gasteiger partial charge in [0.2, 0.25) is 0 Å². The van der Waals surface area contributed by atoms with E-state index >= 15 is 0 Å². The largest absolute Gasteiger partial charge is 0.360 e. The molecule has 4 aromatic heterocycles. The molecular formula is C19H16FN7S. The summed E-state index contributed by atoms with van der Waals surface area (Å²) in [5.74, 6) is 0.344. The van der Waals surface area contributed by atoms with Crippen LogP contribution >= 0.6 is 11.3 Å². The summed E-state index contributed by atoms with van der Waals surface area (Å²) in [6.07, 6.45) is 5.10. The van der Waals surface area contributed by atoms with Gasteiger partial charge in [0, 0.05) is 16.6 Å². The van der Waals surface area contributed by atoms with Crippen molar-refractivity contribution in [1.29, 1.82) is 0 Å². The minimum atomic E-state index is -0.278. The van der Waals surface area contributed by atoms with Crippen LogP contribution in [-0.2, 0) is 0 Å². The number of hydrogen-bond donors (Lipinski definition) is 2. The summed E-state index contributed by atoms with van der Waals surface area (Å²) in [6.45, 7) is 4.04. The maximum absolute atomic E-state index is 13.9. The molecule has 4 heterocycles. The second-order valence-corrected chi connectivity index (χ2v) is 7.75. The molecular weight excluding hydrogens is 377 g/mol. The molecule has 0 bridgehead atoms. The van der Waals surface area contributed by atoms with E-state index in [9.17, 15) is 4.39 Å². The van der Waals surface area contributed by atoms with Crippen molar-refractivity contribution in [3.8, 4) is 11.3 Å². The predicted molar refractivity (Wildman–Crippen MR) is 107 cm³/mol. The third-order valence-corrected chi connectivity index (χ3v) is 5.45. The van der Waals surface area contributed by atoms with Crippen molar-refractivity contribution in [3.05, 3.63) is 59.5 Å². The predicted octanol–water partition coefficient (Wildman–Crippen LogP) is 4.35. The smallest absolute Gasteiger partial charge is 0.194 e. The number of halogens is 1. The molecule has 7 nitrogen and oxygen atoms in total. The van der Waals surface area contributed by atoms with Crippen LogP contribution in [0.25, 0.3) is 27.4 Å². The van der Waals surface area contributed by atoms with Gasteiger partial charge in [-0.1, -0.05) is 12.1 Å². The number of imidazole rings is 2. The maximum atomic E-state index is 13.9. The molecule has 1 aromatic carbocycles. The van der Waals surface area contributed by atoms with E-state index in [1.54, 1.807) is 23.7 Å². The number of aromatic nitrogens is 6. The molecule has 0 radical (unpaired) electrons. The quantitative estimate of drug-likeness (QED) is 0.474. The van der Waals surface area contributed by atoms with E-state index in [1.807, 2.05) is 30.5 Å². The highest BCUT2D eigenvalue weighted by atomic mass is 32.1. The lowest BCUT2D eigenvalue weighted by atomic mass is 10.1. The average molecular weight is 393 g/mol. The molecule has 1 atom stereocenters. The Labute approximate surface area is 163 Å². The molecule has 0 aliphatic heterocycles. The summed E-state index contributed by atoms with van der Waals surface area (Å²) in [4.78, 5) is 22.6. The monoisotopic (exact) mass is 393 g/mol. The number of anilines is 1. The van der Waals surface area contributed by atoms with Crippen LogP contribution in [0.15, 0.2) is 43.1 Å². The van der Waals surface area contributed by atoms with E-state index in [0.29, 0.717) is 17.0 Å². The van der Waals surface area contributed by atoms with Gasteiger partial charge in [-0.25, -0.2) is 24.3 Å². The fourth-order valence-electron chi connectivity index (χ4n) is 3.34. The van der Waals surface area contributed by atoms with Gasteiger partial charge in [0.05, 0.1) is 23.8 Å². The standard InChI is InChI=1S/C19H16FN7S/c1-10-7-27-16(12-4-3-5-13(20)6-12)14(26-19(27)28-10)11(2)25-18-15-17(22-8-21-15)23-9-24-18/h3-9,11H,1-2H3,(H2,21,22,23,24,25). The van der Waals surface area contributed by atoms with Gasteiger partial charge in [0.1, 0.15) is 17.7 Å². The van der Waals surface area contributed by atoms with Crippen LogP contribution in [0.2, 0.25) is 0 Å². The number of fused-ring (bicyclic) bond motifs is 2. The minimum Gasteiger partial charge on any atom is -0.360 e. The zero-order chi connectivity index (χ0) is 19.3. The topological polar surface area (TPSA) is 83.8 Å². The lowest BCUT2D eigenvalue weighted by Crippen LogP contribution is -2.10. The van der Waals surface area contributed by atoms with Crippen LogP contribution in [0.4, 0.5) is 10.2 Å². The number of H-pyrrole nitrogens is 1. The zero-order valence-electron chi connectivity index (χ0n) is 15.1. The van der Waals surface area contributed by atoms with Crippen LogP contribution in [0, 0.1) is 12.7 Å². The molecule has 9 heteroatoms. The summed E-state index contributed by atoms with van der Waals surface area (Å²) >= 11 is 1.60. The molecule has 0 fully saturated rings. The molecule has 0 saturated heterocycles. The van der Waals surface area contributed by atoms with Crippen molar-refractivity contribution < 1.29 is 4.39 Å². The first kappa shape index (κ1) is 16.8. The first-order chi connectivity index (χ1) is 13.6. The van der Waals surface area contributed by atoms with Gasteiger partial charge >= 0.3 is 0 Å². The lowest BCUT2D eigenvalue weighted by molar-refractivity contribution is 0.628. The van der Waals surface area contributed by atoms with Crippen molar-refractivity contribution in [2.24, 2.45) is 0 Å². The fraction of sp³-hybridized carbons (Fsp3) is 0.158. The van der Waals surface area contributed by atoms with Crippen molar-refractivity contribution >= 4 is 33.3 Å². The number of thiazole rings is 1. The Balaban J connectivity index is 1.63. The summed E-state index contributed by atoms with van der Waals surface area (Å²) in [7, 11) is 0. The number of nitrogens with zero attached hydrogens (tertiary/aromatic N) is 5. The van der Waals surface area contributed by atoms with Crippen LogP contribution in [0.5, 0.6) is 0 Å². The molecule has 1 unspecified atom stereocenters. The number of nitrogens with one attached hydrogen (secondary N) is 2. The summed E-state index contributed by atoms with van der Waals surface area (Å²) < 4.78 is 15.9. The van der Waals surface area contributed by atoms with Crippen molar-refractivity contribution in [2.75, 3.05) is 5.32 Å². The summed E-state index contributed by atoms with van der Waals surface area (Å²) in [6, 6.07) is 6.40. The third kappa shape index (κ3) is 2.71. The van der Waals surface area contributed by atoms with Gasteiger partial charge < -0.3 is 10.3 Å². The number of benzene rings is 1. The lowest BCUT2D eigenvalue weighted by Gasteiger charge is -2.15. The molecule has 0 aliphatic rings. The van der Waals surface area contributed by atoms with E-state index < -0.39 is 0 Å². The molecule has 5 aromatic rings. The summed E-state index contributed by atoms with van der Waals surface area (Å²) in [5, 5.41) is 3.38. The van der Waals surface area contributed by atoms with Gasteiger partial charge in [0.25, 0.3) is 0 Å². The van der Waals surface area contributed by atoms with Crippen molar-refractivity contribution in [1.82, 2.24) is 29.3 Å². The van der Waals surface area contributed by atoms with Gasteiger partial charge in [-0.3, -0.25) is 4.40 Å². The summed E-state index contributed by atoms with van der Waals surface area (Å²) in [5.41, 5.74) is 3.79. The van der Waals surface area contributed by atoms with Crippen LogP contribution in [-0.4, -0.2) is 29.3 Å². The van der Waals surface area contributed by atoms with Crippen molar-refractivity contribution in [2.45, 2.75) is 19.9 Å². The highest BCUT2D eigenvalue weighted by Gasteiger charge is 2.22. The molecule has 0 spiro atoms. The van der Waals surface area contributed by atoms with Crippen LogP contribution in [0.3, 0.4) is 0 Å². The number of rotatable bonds is 4. The third-order valence-electron chi connectivity index (χ3n) is 4.55. The maximum Gasteiger partial charge on any atom is 0.194 e. The number of aromatic amines is 1. The van der Waals surface area contributed by atoms with E-state index in [4.69, 9.17) is 4.98 Å². The Morgan fingerprint density at radius 1 is 1.25 bits per heavy atom. The second kappa shape index (κ2) is 6.38. The Morgan fingerprint density at radius 2 is 2.14 bits per heavy atom. The highest BCUT2D eigenvalue weighted by molar-refractivity contribution is 7.17. The molecule has 28 heavy (non-hydrogen) atoms. The van der Waals surface area contributed by atoms with Gasteiger partial charge in [0.15, 0.2) is 16.4 Å². The van der Waals surface area contributed by atoms with Gasteiger partial charge in [-0.2, -0.15) is 0 Å². The normalized spacial score (nSPS) is 12.7. The van der Waals surface area contributed by atoms with E-state index in [-0.39, 0.29) is 11.9 Å².